The fourth-order valence-corrected chi connectivity index (χ4v) is 5.26. The number of carbonyl (C=O) groups is 2. The van der Waals surface area contributed by atoms with Crippen LogP contribution in [0.2, 0.25) is 0 Å². The summed E-state index contributed by atoms with van der Waals surface area (Å²) in [5.74, 6) is 0.457. The first-order valence-electron chi connectivity index (χ1n) is 9.88. The van der Waals surface area contributed by atoms with Crippen LogP contribution in [0.5, 0.6) is 11.5 Å². The number of methoxy groups -OCH3 is 1. The van der Waals surface area contributed by atoms with Crippen molar-refractivity contribution in [1.82, 2.24) is 4.90 Å². The van der Waals surface area contributed by atoms with E-state index in [9.17, 15) is 9.59 Å². The van der Waals surface area contributed by atoms with Crippen molar-refractivity contribution in [2.75, 3.05) is 20.3 Å². The predicted molar refractivity (Wildman–Crippen MR) is 125 cm³/mol. The second kappa shape index (κ2) is 10.6. The number of halogens is 1. The number of hydrogen-bond acceptors (Lipinski definition) is 7. The van der Waals surface area contributed by atoms with E-state index in [-0.39, 0.29) is 18.6 Å². The molecule has 2 fully saturated rings. The van der Waals surface area contributed by atoms with Crippen LogP contribution in [0.4, 0.5) is 0 Å². The zero-order valence-electron chi connectivity index (χ0n) is 16.9. The van der Waals surface area contributed by atoms with E-state index in [1.807, 2.05) is 13.0 Å². The van der Waals surface area contributed by atoms with Crippen molar-refractivity contribution in [2.45, 2.75) is 45.1 Å². The summed E-state index contributed by atoms with van der Waals surface area (Å²) in [6, 6.07) is 3.64. The minimum absolute atomic E-state index is 0.0474. The first-order chi connectivity index (χ1) is 14.4. The Labute approximate surface area is 194 Å². The van der Waals surface area contributed by atoms with Crippen LogP contribution in [0.1, 0.15) is 44.6 Å². The number of nitrogens with zero attached hydrogens (tertiary/aromatic N) is 1. The van der Waals surface area contributed by atoms with Gasteiger partial charge in [0.1, 0.15) is 17.0 Å². The van der Waals surface area contributed by atoms with E-state index in [2.05, 4.69) is 15.9 Å². The van der Waals surface area contributed by atoms with Crippen molar-refractivity contribution in [1.29, 1.82) is 0 Å². The fraction of sp³-hybridized carbons (Fsp3) is 0.476. The van der Waals surface area contributed by atoms with Crippen molar-refractivity contribution in [3.05, 3.63) is 27.1 Å². The molecule has 0 atom stereocenters. The van der Waals surface area contributed by atoms with Crippen LogP contribution in [0.25, 0.3) is 6.08 Å². The molecule has 0 aromatic heterocycles. The quantitative estimate of drug-likeness (QED) is 0.290. The normalized spacial score (nSPS) is 18.8. The molecule has 6 nitrogen and oxygen atoms in total. The number of thiocarbonyl (C=S) groups is 1. The lowest BCUT2D eigenvalue weighted by Crippen LogP contribution is -2.36. The average Bonchev–Trinajstić information content (AvgIpc) is 2.98. The molecule has 1 heterocycles. The van der Waals surface area contributed by atoms with Crippen molar-refractivity contribution in [3.8, 4) is 11.5 Å². The molecule has 1 aliphatic heterocycles. The number of benzene rings is 1. The van der Waals surface area contributed by atoms with Crippen LogP contribution in [-0.2, 0) is 14.3 Å². The van der Waals surface area contributed by atoms with Crippen molar-refractivity contribution >= 4 is 62.2 Å². The first-order valence-corrected chi connectivity index (χ1v) is 11.9. The molecule has 30 heavy (non-hydrogen) atoms. The largest absolute Gasteiger partial charge is 0.493 e. The molecule has 1 saturated heterocycles. The molecule has 0 radical (unpaired) electrons. The van der Waals surface area contributed by atoms with Gasteiger partial charge in [-0.3, -0.25) is 14.5 Å². The second-order valence-corrected chi connectivity index (χ2v) is 9.51. The highest BCUT2D eigenvalue weighted by Gasteiger charge is 2.34. The summed E-state index contributed by atoms with van der Waals surface area (Å²) < 4.78 is 17.6. The molecule has 1 amide bonds. The number of esters is 1. The first kappa shape index (κ1) is 23.1. The molecular formula is C21H24BrNO5S2. The summed E-state index contributed by atoms with van der Waals surface area (Å²) in [6.07, 6.45) is 6.78. The van der Waals surface area contributed by atoms with Gasteiger partial charge in [0.25, 0.3) is 5.91 Å². The lowest BCUT2D eigenvalue weighted by molar-refractivity contribution is -0.152. The lowest BCUT2D eigenvalue weighted by atomic mass is 9.98. The van der Waals surface area contributed by atoms with Gasteiger partial charge in [-0.2, -0.15) is 0 Å². The van der Waals surface area contributed by atoms with Gasteiger partial charge in [0.2, 0.25) is 0 Å². The van der Waals surface area contributed by atoms with Gasteiger partial charge in [0.15, 0.2) is 11.5 Å². The molecule has 1 saturated carbocycles. The van der Waals surface area contributed by atoms with Crippen molar-refractivity contribution in [2.24, 2.45) is 0 Å². The van der Waals surface area contributed by atoms with Crippen molar-refractivity contribution in [3.63, 3.8) is 0 Å². The zero-order valence-corrected chi connectivity index (χ0v) is 20.2. The van der Waals surface area contributed by atoms with Gasteiger partial charge >= 0.3 is 5.97 Å². The predicted octanol–water partition coefficient (Wildman–Crippen LogP) is 4.93. The third-order valence-electron chi connectivity index (χ3n) is 4.85. The van der Waals surface area contributed by atoms with E-state index in [1.165, 1.54) is 23.1 Å². The molecule has 0 N–H and O–H groups in total. The molecule has 0 spiro atoms. The summed E-state index contributed by atoms with van der Waals surface area (Å²) in [7, 11) is 1.56. The number of carbonyl (C=O) groups excluding carboxylic acids is 2. The smallest absolute Gasteiger partial charge is 0.326 e. The Hall–Kier alpha value is -1.58. The molecule has 162 valence electrons. The highest BCUT2D eigenvalue weighted by molar-refractivity contribution is 9.10. The van der Waals surface area contributed by atoms with Crippen LogP contribution in [-0.4, -0.2) is 47.5 Å². The second-order valence-electron chi connectivity index (χ2n) is 6.98. The van der Waals surface area contributed by atoms with E-state index in [1.54, 1.807) is 19.3 Å². The Kier molecular flexibility index (Phi) is 8.19. The van der Waals surface area contributed by atoms with Crippen LogP contribution >= 0.6 is 39.9 Å². The van der Waals surface area contributed by atoms with E-state index in [4.69, 9.17) is 26.4 Å². The molecule has 2 aliphatic rings. The third kappa shape index (κ3) is 5.56. The number of hydrogen-bond donors (Lipinski definition) is 0. The van der Waals surface area contributed by atoms with Gasteiger partial charge in [-0.25, -0.2) is 0 Å². The highest BCUT2D eigenvalue weighted by Crippen LogP contribution is 2.39. The maximum atomic E-state index is 12.8. The fourth-order valence-electron chi connectivity index (χ4n) is 3.43. The Morgan fingerprint density at radius 1 is 1.33 bits per heavy atom. The molecule has 1 aliphatic carbocycles. The van der Waals surface area contributed by atoms with E-state index in [0.29, 0.717) is 27.3 Å². The summed E-state index contributed by atoms with van der Waals surface area (Å²) in [5, 5.41) is 0. The molecular weight excluding hydrogens is 490 g/mol. The van der Waals surface area contributed by atoms with Crippen LogP contribution in [0, 0.1) is 0 Å². The Morgan fingerprint density at radius 2 is 2.07 bits per heavy atom. The van der Waals surface area contributed by atoms with Crippen LogP contribution < -0.4 is 9.47 Å². The molecule has 0 bridgehead atoms. The summed E-state index contributed by atoms with van der Waals surface area (Å²) in [5.41, 5.74) is 0.757. The Morgan fingerprint density at radius 3 is 2.73 bits per heavy atom. The summed E-state index contributed by atoms with van der Waals surface area (Å²) in [6.45, 7) is 2.24. The van der Waals surface area contributed by atoms with Crippen LogP contribution in [0.3, 0.4) is 0 Å². The zero-order chi connectivity index (χ0) is 21.7. The summed E-state index contributed by atoms with van der Waals surface area (Å²) >= 11 is 9.99. The van der Waals surface area contributed by atoms with Gasteiger partial charge in [-0.05, 0) is 72.3 Å². The Balaban J connectivity index is 1.71. The van der Waals surface area contributed by atoms with E-state index < -0.39 is 5.97 Å². The lowest BCUT2D eigenvalue weighted by Gasteiger charge is -2.23. The van der Waals surface area contributed by atoms with Gasteiger partial charge in [0.05, 0.1) is 23.1 Å². The Bertz CT molecular complexity index is 867. The highest BCUT2D eigenvalue weighted by atomic mass is 79.9. The number of rotatable bonds is 7. The maximum Gasteiger partial charge on any atom is 0.326 e. The standard InChI is InChI=1S/C21H24BrNO5S2/c1-3-27-19-15(22)9-13(10-16(19)26-2)11-17-20(25)23(21(29)30-17)12-18(24)28-14-7-5-4-6-8-14/h9-11,14H,3-8,12H2,1-2H3/b17-11-. The minimum atomic E-state index is -0.412. The van der Waals surface area contributed by atoms with Crippen molar-refractivity contribution < 1.29 is 23.8 Å². The number of thioether (sulfide) groups is 1. The maximum absolute atomic E-state index is 12.8. The number of amides is 1. The molecule has 3 rings (SSSR count). The molecule has 9 heteroatoms. The summed E-state index contributed by atoms with van der Waals surface area (Å²) in [4.78, 5) is 26.9. The van der Waals surface area contributed by atoms with Gasteiger partial charge < -0.3 is 14.2 Å². The third-order valence-corrected chi connectivity index (χ3v) is 6.82. The topological polar surface area (TPSA) is 65.1 Å². The van der Waals surface area contributed by atoms with Gasteiger partial charge in [-0.15, -0.1) is 0 Å². The van der Waals surface area contributed by atoms with Crippen LogP contribution in [0.15, 0.2) is 21.5 Å². The number of ether oxygens (including phenoxy) is 3. The average molecular weight is 514 g/mol. The van der Waals surface area contributed by atoms with E-state index >= 15 is 0 Å². The monoisotopic (exact) mass is 513 g/mol. The minimum Gasteiger partial charge on any atom is -0.493 e. The molecule has 0 unspecified atom stereocenters. The SMILES string of the molecule is CCOc1c(Br)cc(/C=C2\SC(=S)N(CC(=O)OC3CCCCC3)C2=O)cc1OC. The molecule has 1 aromatic rings. The van der Waals surface area contributed by atoms with E-state index in [0.717, 1.165) is 35.7 Å². The molecule has 1 aromatic carbocycles. The van der Waals surface area contributed by atoms with Gasteiger partial charge in [0, 0.05) is 0 Å². The van der Waals surface area contributed by atoms with Gasteiger partial charge in [-0.1, -0.05) is 30.4 Å².